The number of hydrogen-bond donors (Lipinski definition) is 1. The lowest BCUT2D eigenvalue weighted by atomic mass is 9.68. The van der Waals surface area contributed by atoms with Gasteiger partial charge >= 0.3 is 0 Å². The Kier molecular flexibility index (Phi) is 8.75. The molecular weight excluding hydrogens is 638 g/mol. The predicted octanol–water partition coefficient (Wildman–Crippen LogP) is 3.88. The first-order valence-corrected chi connectivity index (χ1v) is 19.1. The van der Waals surface area contributed by atoms with Crippen molar-refractivity contribution >= 4 is 43.2 Å². The second-order valence-corrected chi connectivity index (χ2v) is 16.9. The molecule has 2 heterocycles. The van der Waals surface area contributed by atoms with E-state index >= 15 is 0 Å². The average molecular weight is 678 g/mol. The molecule has 1 amide bonds. The van der Waals surface area contributed by atoms with E-state index in [9.17, 15) is 21.6 Å². The molecule has 0 unspecified atom stereocenters. The fraction of sp³-hybridized carbons (Fsp3) is 0.531. The van der Waals surface area contributed by atoms with E-state index in [2.05, 4.69) is 15.7 Å². The Morgan fingerprint density at radius 1 is 1.16 bits per heavy atom. The van der Waals surface area contributed by atoms with Crippen LogP contribution in [0.3, 0.4) is 0 Å². The minimum atomic E-state index is -4.34. The van der Waals surface area contributed by atoms with Crippen LogP contribution in [0.1, 0.15) is 43.7 Å². The van der Waals surface area contributed by atoms with Crippen LogP contribution in [0, 0.1) is 11.8 Å². The highest BCUT2D eigenvalue weighted by Crippen LogP contribution is 2.47. The molecule has 0 radical (unpaired) electrons. The van der Waals surface area contributed by atoms with Crippen molar-refractivity contribution in [3.63, 3.8) is 0 Å². The fourth-order valence-corrected chi connectivity index (χ4v) is 9.77. The van der Waals surface area contributed by atoms with Gasteiger partial charge in [-0.25, -0.2) is 21.6 Å². The number of nitrogens with zero attached hydrogens (tertiary/aromatic N) is 2. The Bertz CT molecular complexity index is 1730. The molecule has 244 valence electrons. The second kappa shape index (κ2) is 12.2. The molecule has 5 atom stereocenters. The Morgan fingerprint density at radius 2 is 1.96 bits per heavy atom. The summed E-state index contributed by atoms with van der Waals surface area (Å²) in [6.45, 7) is 2.99. The van der Waals surface area contributed by atoms with Crippen LogP contribution in [0.5, 0.6) is 5.75 Å². The van der Waals surface area contributed by atoms with Crippen LogP contribution in [0.15, 0.2) is 53.4 Å². The van der Waals surface area contributed by atoms with Gasteiger partial charge in [0.2, 0.25) is 10.0 Å². The van der Waals surface area contributed by atoms with Crippen molar-refractivity contribution in [3.8, 4) is 5.75 Å². The standard InChI is InChI=1S/C32H40ClN3O7S2/c1-21-31(37)34-45(40,41)25-10-13-30-28(17-25)35(19-32(20-43-30)14-4-6-22-16-24(33)9-12-27(22)32)18-23-8-11-26(23)29(42-2)7-5-15-36(21)44(3,38)39/h5,7,9-10,12-13,16-17,21,23,26,29H,4,6,8,11,14-15,18-20H2,1-3H3,(H,34,37)/t21-,23+,26-,29-,32+/m1/s1. The van der Waals surface area contributed by atoms with Crippen molar-refractivity contribution < 1.29 is 31.1 Å². The number of sulfonamides is 2. The number of amides is 1. The SMILES string of the molecule is CO[C@@H]1C=CCN(S(C)(=O)=O)[C@H](C)C(=O)NS(=O)(=O)c2ccc3c(c2)N(C[C@@H]2CC[C@H]21)C[C@@]1(CCCc2cc(Cl)ccc21)CO3. The minimum absolute atomic E-state index is 0.0972. The Morgan fingerprint density at radius 3 is 2.67 bits per heavy atom. The molecule has 0 saturated heterocycles. The van der Waals surface area contributed by atoms with Gasteiger partial charge in [-0.3, -0.25) is 4.79 Å². The topological polar surface area (TPSA) is 122 Å². The maximum absolute atomic E-state index is 13.6. The summed E-state index contributed by atoms with van der Waals surface area (Å²) in [6.07, 6.45) is 9.07. The predicted molar refractivity (Wildman–Crippen MR) is 173 cm³/mol. The van der Waals surface area contributed by atoms with Crippen LogP contribution in [0.4, 0.5) is 5.69 Å². The third-order valence-electron chi connectivity index (χ3n) is 10.0. The Labute approximate surface area is 270 Å². The first-order valence-electron chi connectivity index (χ1n) is 15.3. The summed E-state index contributed by atoms with van der Waals surface area (Å²) in [5.74, 6) is 0.0611. The van der Waals surface area contributed by atoms with Gasteiger partial charge in [0.1, 0.15) is 11.8 Å². The third-order valence-corrected chi connectivity index (χ3v) is 12.9. The van der Waals surface area contributed by atoms with Gasteiger partial charge in [-0.15, -0.1) is 0 Å². The number of aryl methyl sites for hydroxylation is 1. The number of fused-ring (bicyclic) bond motifs is 4. The average Bonchev–Trinajstić information content (AvgIpc) is 3.12. The molecule has 1 spiro atoms. The summed E-state index contributed by atoms with van der Waals surface area (Å²) in [5.41, 5.74) is 2.75. The van der Waals surface area contributed by atoms with Crippen molar-refractivity contribution in [1.29, 1.82) is 0 Å². The molecule has 10 nitrogen and oxygen atoms in total. The molecular formula is C32H40ClN3O7S2. The van der Waals surface area contributed by atoms with E-state index in [0.717, 1.165) is 42.7 Å². The number of methoxy groups -OCH3 is 1. The summed E-state index contributed by atoms with van der Waals surface area (Å²) in [6, 6.07) is 9.46. The van der Waals surface area contributed by atoms with Crippen molar-refractivity contribution in [2.45, 2.75) is 61.5 Å². The van der Waals surface area contributed by atoms with E-state index < -0.39 is 32.0 Å². The van der Waals surface area contributed by atoms with Crippen molar-refractivity contribution in [2.75, 3.05) is 44.5 Å². The van der Waals surface area contributed by atoms with Crippen LogP contribution >= 0.6 is 11.6 Å². The zero-order valence-corrected chi connectivity index (χ0v) is 28.1. The second-order valence-electron chi connectivity index (χ2n) is 12.8. The van der Waals surface area contributed by atoms with Gasteiger partial charge in [-0.2, -0.15) is 4.31 Å². The fourth-order valence-electron chi connectivity index (χ4n) is 7.48. The Hall–Kier alpha value is -2.64. The summed E-state index contributed by atoms with van der Waals surface area (Å²) >= 11 is 6.39. The monoisotopic (exact) mass is 677 g/mol. The lowest BCUT2D eigenvalue weighted by Gasteiger charge is -2.46. The summed E-state index contributed by atoms with van der Waals surface area (Å²) in [5, 5.41) is 0.704. The third kappa shape index (κ3) is 6.24. The maximum atomic E-state index is 13.6. The highest BCUT2D eigenvalue weighted by molar-refractivity contribution is 7.90. The van der Waals surface area contributed by atoms with Crippen LogP contribution in [0.25, 0.3) is 0 Å². The van der Waals surface area contributed by atoms with Crippen molar-refractivity contribution in [2.24, 2.45) is 11.8 Å². The molecule has 45 heavy (non-hydrogen) atoms. The molecule has 4 aliphatic rings. The molecule has 1 N–H and O–H groups in total. The lowest BCUT2D eigenvalue weighted by molar-refractivity contribution is -0.122. The number of halogens is 1. The number of hydrogen-bond acceptors (Lipinski definition) is 8. The van der Waals surface area contributed by atoms with Gasteiger partial charge in [-0.1, -0.05) is 29.8 Å². The molecule has 0 aromatic heterocycles. The number of ether oxygens (including phenoxy) is 2. The number of benzene rings is 2. The van der Waals surface area contributed by atoms with Gasteiger partial charge in [0.05, 0.1) is 29.5 Å². The molecule has 2 aliphatic carbocycles. The maximum Gasteiger partial charge on any atom is 0.264 e. The van der Waals surface area contributed by atoms with Gasteiger partial charge in [0.25, 0.3) is 15.9 Å². The quantitative estimate of drug-likeness (QED) is 0.476. The van der Waals surface area contributed by atoms with Gasteiger partial charge in [0, 0.05) is 37.2 Å². The largest absolute Gasteiger partial charge is 0.490 e. The number of nitrogens with one attached hydrogen (secondary N) is 1. The van der Waals surface area contributed by atoms with Crippen molar-refractivity contribution in [1.82, 2.24) is 9.03 Å². The number of carbonyl (C=O) groups excluding carboxylic acids is 1. The van der Waals surface area contributed by atoms with Crippen LogP contribution in [0.2, 0.25) is 5.02 Å². The van der Waals surface area contributed by atoms with Crippen LogP contribution in [-0.4, -0.2) is 78.8 Å². The molecule has 2 bridgehead atoms. The molecule has 6 rings (SSSR count). The smallest absolute Gasteiger partial charge is 0.264 e. The molecule has 1 saturated carbocycles. The zero-order chi connectivity index (χ0) is 32.1. The van der Waals surface area contributed by atoms with Crippen LogP contribution < -0.4 is 14.4 Å². The molecule has 2 aromatic rings. The van der Waals surface area contributed by atoms with E-state index in [4.69, 9.17) is 21.1 Å². The summed E-state index contributed by atoms with van der Waals surface area (Å²) < 4.78 is 67.9. The molecule has 2 aromatic carbocycles. The first kappa shape index (κ1) is 32.3. The lowest BCUT2D eigenvalue weighted by Crippen LogP contribution is -2.50. The molecule has 1 fully saturated rings. The first-order chi connectivity index (χ1) is 21.3. The highest BCUT2D eigenvalue weighted by Gasteiger charge is 2.44. The van der Waals surface area contributed by atoms with E-state index in [1.54, 1.807) is 25.3 Å². The van der Waals surface area contributed by atoms with E-state index in [0.29, 0.717) is 36.2 Å². The minimum Gasteiger partial charge on any atom is -0.490 e. The number of rotatable bonds is 2. The number of carbonyl (C=O) groups is 1. The van der Waals surface area contributed by atoms with E-state index in [1.807, 2.05) is 18.2 Å². The highest BCUT2D eigenvalue weighted by atomic mass is 35.5. The molecule has 2 aliphatic heterocycles. The van der Waals surface area contributed by atoms with Gasteiger partial charge in [0.15, 0.2) is 0 Å². The van der Waals surface area contributed by atoms with E-state index in [1.165, 1.54) is 24.1 Å². The van der Waals surface area contributed by atoms with E-state index in [-0.39, 0.29) is 34.8 Å². The summed E-state index contributed by atoms with van der Waals surface area (Å²) in [7, 11) is -6.54. The number of anilines is 1. The molecule has 13 heteroatoms. The Balaban J connectivity index is 1.45. The zero-order valence-electron chi connectivity index (χ0n) is 25.7. The van der Waals surface area contributed by atoms with Crippen LogP contribution in [-0.2, 0) is 41.4 Å². The van der Waals surface area contributed by atoms with Gasteiger partial charge in [-0.05, 0) is 92.3 Å². The van der Waals surface area contributed by atoms with Gasteiger partial charge < -0.3 is 14.4 Å². The normalized spacial score (nSPS) is 30.3. The van der Waals surface area contributed by atoms with Crippen molar-refractivity contribution in [3.05, 3.63) is 64.7 Å². The summed E-state index contributed by atoms with van der Waals surface area (Å²) in [4.78, 5) is 15.4.